The molecule has 0 aliphatic heterocycles. The molecule has 0 radical (unpaired) electrons. The molecule has 0 saturated heterocycles. The average Bonchev–Trinajstić information content (AvgIpc) is 3.43. The number of carboxylic acids is 1. The van der Waals surface area contributed by atoms with Crippen LogP contribution in [-0.2, 0) is 49.7 Å². The van der Waals surface area contributed by atoms with Crippen LogP contribution in [0.2, 0.25) is 10.0 Å². The van der Waals surface area contributed by atoms with Crippen LogP contribution in [0.5, 0.6) is 0 Å². The van der Waals surface area contributed by atoms with E-state index in [9.17, 15) is 21.6 Å². The van der Waals surface area contributed by atoms with Crippen molar-refractivity contribution >= 4 is 59.9 Å². The number of rotatable bonds is 16. The van der Waals surface area contributed by atoms with Crippen LogP contribution in [0.3, 0.4) is 0 Å². The van der Waals surface area contributed by atoms with Gasteiger partial charge in [-0.1, -0.05) is 114 Å². The van der Waals surface area contributed by atoms with Gasteiger partial charge in [-0.25, -0.2) is 21.6 Å². The van der Waals surface area contributed by atoms with E-state index in [0.717, 1.165) is 33.3 Å². The molecule has 0 saturated carbocycles. The van der Waals surface area contributed by atoms with Crippen LogP contribution in [0.4, 0.5) is 0 Å². The number of fused-ring (bicyclic) bond motifs is 1. The van der Waals surface area contributed by atoms with Gasteiger partial charge < -0.3 is 9.67 Å². The number of nitrogens with one attached hydrogen (secondary N) is 1. The minimum atomic E-state index is -3.83. The predicted molar refractivity (Wildman–Crippen MR) is 211 cm³/mol. The van der Waals surface area contributed by atoms with Gasteiger partial charge in [0.25, 0.3) is 0 Å². The standard InChI is InChI=1S/C41H38Cl2N2O6S2/c42-33-19-20-38-36(27-33)35(23-25-52(48,49)34-16-9-10-29(26-34)18-21-40(46)47)39(22-24-44-53(50,51)28-32-15-7-8-17-37(32)43)45(38)41(30-11-3-1-4-12-30)31-13-5-2-6-14-31/h1-17,19-20,26-27,41,44H,18,21-25,28H2,(H,46,47). The van der Waals surface area contributed by atoms with E-state index < -0.39 is 25.8 Å². The number of benzene rings is 5. The number of aryl methyl sites for hydroxylation is 2. The van der Waals surface area contributed by atoms with Crippen LogP contribution < -0.4 is 4.72 Å². The molecule has 12 heteroatoms. The normalized spacial score (nSPS) is 12.1. The van der Waals surface area contributed by atoms with Crippen molar-refractivity contribution in [1.82, 2.24) is 9.29 Å². The molecule has 2 N–H and O–H groups in total. The predicted octanol–water partition coefficient (Wildman–Crippen LogP) is 8.28. The van der Waals surface area contributed by atoms with Gasteiger partial charge in [0.05, 0.1) is 22.4 Å². The molecule has 53 heavy (non-hydrogen) atoms. The first-order valence-electron chi connectivity index (χ1n) is 17.1. The van der Waals surface area contributed by atoms with Crippen molar-refractivity contribution in [3.63, 3.8) is 0 Å². The zero-order chi connectivity index (χ0) is 37.6. The number of sulfonamides is 1. The zero-order valence-electron chi connectivity index (χ0n) is 28.7. The Labute approximate surface area is 320 Å². The van der Waals surface area contributed by atoms with E-state index in [0.29, 0.717) is 21.2 Å². The second kappa shape index (κ2) is 16.7. The first-order valence-corrected chi connectivity index (χ1v) is 21.1. The molecule has 1 aromatic heterocycles. The molecule has 6 aromatic rings. The summed E-state index contributed by atoms with van der Waals surface area (Å²) in [5, 5.41) is 10.8. The molecule has 8 nitrogen and oxygen atoms in total. The lowest BCUT2D eigenvalue weighted by Crippen LogP contribution is -2.28. The summed E-state index contributed by atoms with van der Waals surface area (Å²) in [5.41, 5.74) is 5.42. The largest absolute Gasteiger partial charge is 0.481 e. The van der Waals surface area contributed by atoms with E-state index in [-0.39, 0.29) is 54.7 Å². The molecular weight excluding hydrogens is 751 g/mol. The van der Waals surface area contributed by atoms with Crippen molar-refractivity contribution in [2.45, 2.75) is 42.4 Å². The van der Waals surface area contributed by atoms with E-state index in [1.54, 1.807) is 42.5 Å². The van der Waals surface area contributed by atoms with Crippen LogP contribution in [0.1, 0.15) is 46.0 Å². The SMILES string of the molecule is O=C(O)CCc1cccc(S(=O)(=O)CCc2c(CCNS(=O)(=O)Cc3ccccc3Cl)n(C(c3ccccc3)c3ccccc3)c3ccc(Cl)cc23)c1. The molecule has 0 aliphatic rings. The first-order chi connectivity index (χ1) is 25.4. The molecule has 1 heterocycles. The Kier molecular flexibility index (Phi) is 12.1. The molecule has 0 atom stereocenters. The molecule has 0 spiro atoms. The number of carbonyl (C=O) groups is 1. The lowest BCUT2D eigenvalue weighted by Gasteiger charge is -2.25. The highest BCUT2D eigenvalue weighted by atomic mass is 35.5. The van der Waals surface area contributed by atoms with Gasteiger partial charge in [0.2, 0.25) is 10.0 Å². The smallest absolute Gasteiger partial charge is 0.303 e. The van der Waals surface area contributed by atoms with Gasteiger partial charge in [-0.3, -0.25) is 4.79 Å². The lowest BCUT2D eigenvalue weighted by molar-refractivity contribution is -0.136. The highest BCUT2D eigenvalue weighted by molar-refractivity contribution is 7.91. The van der Waals surface area contributed by atoms with Crippen molar-refractivity contribution in [3.05, 3.63) is 171 Å². The fourth-order valence-electron chi connectivity index (χ4n) is 6.71. The van der Waals surface area contributed by atoms with Crippen molar-refractivity contribution < 1.29 is 26.7 Å². The van der Waals surface area contributed by atoms with Gasteiger partial charge in [-0.2, -0.15) is 0 Å². The van der Waals surface area contributed by atoms with Crippen molar-refractivity contribution in [2.75, 3.05) is 12.3 Å². The highest BCUT2D eigenvalue weighted by Crippen LogP contribution is 2.38. The minimum Gasteiger partial charge on any atom is -0.481 e. The van der Waals surface area contributed by atoms with Crippen molar-refractivity contribution in [2.24, 2.45) is 0 Å². The lowest BCUT2D eigenvalue weighted by atomic mass is 9.97. The topological polar surface area (TPSA) is 123 Å². The summed E-state index contributed by atoms with van der Waals surface area (Å²) < 4.78 is 59.4. The molecule has 0 bridgehead atoms. The number of halogens is 2. The molecule has 274 valence electrons. The number of hydrogen-bond donors (Lipinski definition) is 2. The van der Waals surface area contributed by atoms with Crippen LogP contribution in [0.25, 0.3) is 10.9 Å². The van der Waals surface area contributed by atoms with E-state index in [4.69, 9.17) is 28.3 Å². The number of hydrogen-bond acceptors (Lipinski definition) is 5. The van der Waals surface area contributed by atoms with Gasteiger partial charge in [0.15, 0.2) is 9.84 Å². The van der Waals surface area contributed by atoms with Crippen LogP contribution in [0.15, 0.2) is 132 Å². The van der Waals surface area contributed by atoms with E-state index >= 15 is 0 Å². The zero-order valence-corrected chi connectivity index (χ0v) is 31.8. The summed E-state index contributed by atoms with van der Waals surface area (Å²) in [6.07, 6.45) is 0.453. The van der Waals surface area contributed by atoms with Gasteiger partial charge in [-0.05, 0) is 77.1 Å². The third-order valence-electron chi connectivity index (χ3n) is 9.16. The van der Waals surface area contributed by atoms with Gasteiger partial charge in [0, 0.05) is 46.0 Å². The Hall–Kier alpha value is -4.45. The second-order valence-electron chi connectivity index (χ2n) is 12.8. The number of carboxylic acid groups (broad SMARTS) is 1. The number of sulfone groups is 1. The van der Waals surface area contributed by atoms with Crippen molar-refractivity contribution in [1.29, 1.82) is 0 Å². The maximum absolute atomic E-state index is 13.9. The fraction of sp³-hybridized carbons (Fsp3) is 0.195. The molecule has 0 amide bonds. The summed E-state index contributed by atoms with van der Waals surface area (Å²) in [6.45, 7) is 0.0402. The Morgan fingerprint density at radius 1 is 0.736 bits per heavy atom. The minimum absolute atomic E-state index is 0.0402. The molecule has 0 unspecified atom stereocenters. The van der Waals surface area contributed by atoms with Crippen LogP contribution >= 0.6 is 23.2 Å². The van der Waals surface area contributed by atoms with E-state index in [1.807, 2.05) is 72.8 Å². The Morgan fingerprint density at radius 2 is 1.40 bits per heavy atom. The quantitative estimate of drug-likeness (QED) is 0.102. The summed E-state index contributed by atoms with van der Waals surface area (Å²) in [5.74, 6) is -1.50. The van der Waals surface area contributed by atoms with Crippen molar-refractivity contribution in [3.8, 4) is 0 Å². The van der Waals surface area contributed by atoms with Gasteiger partial charge in [-0.15, -0.1) is 0 Å². The summed E-state index contributed by atoms with van der Waals surface area (Å²) >= 11 is 12.9. The molecule has 0 fully saturated rings. The number of aromatic nitrogens is 1. The molecule has 5 aromatic carbocycles. The molecular formula is C41H38Cl2N2O6S2. The Morgan fingerprint density at radius 3 is 2.06 bits per heavy atom. The second-order valence-corrected chi connectivity index (χ2v) is 17.5. The fourth-order valence-corrected chi connectivity index (χ4v) is 9.66. The number of aliphatic carboxylic acids is 1. The Bertz CT molecular complexity index is 2410. The van der Waals surface area contributed by atoms with Gasteiger partial charge >= 0.3 is 5.97 Å². The summed E-state index contributed by atoms with van der Waals surface area (Å²) in [6, 6.07) is 38.3. The average molecular weight is 790 g/mol. The summed E-state index contributed by atoms with van der Waals surface area (Å²) in [7, 11) is -7.62. The third-order valence-corrected chi connectivity index (χ3v) is 12.8. The Balaban J connectivity index is 1.44. The third kappa shape index (κ3) is 9.38. The monoisotopic (exact) mass is 788 g/mol. The van der Waals surface area contributed by atoms with Gasteiger partial charge in [0.1, 0.15) is 0 Å². The van der Waals surface area contributed by atoms with E-state index in [1.165, 1.54) is 12.1 Å². The molecule has 6 rings (SSSR count). The van der Waals surface area contributed by atoms with Crippen LogP contribution in [0, 0.1) is 0 Å². The number of nitrogens with zero attached hydrogens (tertiary/aromatic N) is 1. The van der Waals surface area contributed by atoms with E-state index in [2.05, 4.69) is 9.29 Å². The maximum atomic E-state index is 13.9. The maximum Gasteiger partial charge on any atom is 0.303 e. The molecule has 0 aliphatic carbocycles. The first kappa shape index (κ1) is 38.3. The highest BCUT2D eigenvalue weighted by Gasteiger charge is 2.27. The van der Waals surface area contributed by atoms with Crippen LogP contribution in [-0.4, -0.2) is 44.8 Å². The summed E-state index contributed by atoms with van der Waals surface area (Å²) in [4.78, 5) is 11.3.